The van der Waals surface area contributed by atoms with Crippen LogP contribution in [0.15, 0.2) is 42.5 Å². The minimum absolute atomic E-state index is 0.0383. The number of aliphatic hydroxyl groups is 1. The van der Waals surface area contributed by atoms with Gasteiger partial charge >= 0.3 is 0 Å². The van der Waals surface area contributed by atoms with Crippen LogP contribution in [0, 0.1) is 22.9 Å². The molecule has 0 fully saturated rings. The minimum atomic E-state index is -0.884. The van der Waals surface area contributed by atoms with E-state index < -0.39 is 16.8 Å². The number of non-ortho nitro benzene ring substituents is 1. The molecule has 1 unspecified atom stereocenters. The summed E-state index contributed by atoms with van der Waals surface area (Å²) >= 11 is 0. The molecule has 0 aliphatic carbocycles. The summed E-state index contributed by atoms with van der Waals surface area (Å²) in [6.45, 7) is 1.95. The number of anilines is 1. The van der Waals surface area contributed by atoms with Crippen LogP contribution in [0.4, 0.5) is 15.8 Å². The molecule has 1 atom stereocenters. The predicted molar refractivity (Wildman–Crippen MR) is 77.7 cm³/mol. The maximum Gasteiger partial charge on any atom is 0.269 e. The molecule has 0 heterocycles. The summed E-state index contributed by atoms with van der Waals surface area (Å²) in [5.74, 6) is -0.392. The van der Waals surface area contributed by atoms with Crippen molar-refractivity contribution in [3.05, 3.63) is 69.5 Å². The van der Waals surface area contributed by atoms with Gasteiger partial charge in [-0.15, -0.1) is 0 Å². The van der Waals surface area contributed by atoms with Gasteiger partial charge in [-0.05, 0) is 42.3 Å². The van der Waals surface area contributed by atoms with Crippen molar-refractivity contribution in [2.24, 2.45) is 0 Å². The summed E-state index contributed by atoms with van der Waals surface area (Å²) in [7, 11) is 0. The van der Waals surface area contributed by atoms with Gasteiger partial charge in [0.25, 0.3) is 5.69 Å². The lowest BCUT2D eigenvalue weighted by molar-refractivity contribution is -0.384. The monoisotopic (exact) mass is 290 g/mol. The van der Waals surface area contributed by atoms with Gasteiger partial charge in [0.2, 0.25) is 0 Å². The van der Waals surface area contributed by atoms with Crippen LogP contribution in [0.5, 0.6) is 0 Å². The molecule has 110 valence electrons. The van der Waals surface area contributed by atoms with Crippen LogP contribution in [-0.4, -0.2) is 16.6 Å². The second-order valence-electron chi connectivity index (χ2n) is 4.73. The first-order valence-corrected chi connectivity index (χ1v) is 6.40. The van der Waals surface area contributed by atoms with Crippen LogP contribution in [0.1, 0.15) is 17.2 Å². The Morgan fingerprint density at radius 2 is 1.95 bits per heavy atom. The van der Waals surface area contributed by atoms with Gasteiger partial charge in [0, 0.05) is 18.7 Å². The molecule has 2 aromatic carbocycles. The summed E-state index contributed by atoms with van der Waals surface area (Å²) in [6.07, 6.45) is -0.884. The number of nitro groups is 1. The third-order valence-corrected chi connectivity index (χ3v) is 3.10. The Morgan fingerprint density at radius 1 is 1.29 bits per heavy atom. The van der Waals surface area contributed by atoms with Gasteiger partial charge < -0.3 is 10.4 Å². The normalized spacial score (nSPS) is 12.0. The molecule has 0 saturated heterocycles. The Hall–Kier alpha value is -2.47. The highest BCUT2D eigenvalue weighted by Gasteiger charge is 2.11. The minimum Gasteiger partial charge on any atom is -0.387 e. The molecule has 2 N–H and O–H groups in total. The highest BCUT2D eigenvalue weighted by Crippen LogP contribution is 2.20. The smallest absolute Gasteiger partial charge is 0.269 e. The van der Waals surface area contributed by atoms with Crippen LogP contribution >= 0.6 is 0 Å². The summed E-state index contributed by atoms with van der Waals surface area (Å²) in [5, 5.41) is 23.4. The maximum atomic E-state index is 13.5. The summed E-state index contributed by atoms with van der Waals surface area (Å²) in [6, 6.07) is 10.3. The fourth-order valence-corrected chi connectivity index (χ4v) is 1.92. The number of rotatable bonds is 5. The lowest BCUT2D eigenvalue weighted by Crippen LogP contribution is -2.13. The Bertz CT molecular complexity index is 644. The quantitative estimate of drug-likeness (QED) is 0.655. The van der Waals surface area contributed by atoms with Crippen LogP contribution < -0.4 is 5.32 Å². The van der Waals surface area contributed by atoms with Gasteiger partial charge in [-0.3, -0.25) is 10.1 Å². The number of nitrogens with one attached hydrogen (secondary N) is 1. The summed E-state index contributed by atoms with van der Waals surface area (Å²) in [4.78, 5) is 10.0. The van der Waals surface area contributed by atoms with E-state index in [1.54, 1.807) is 12.1 Å². The SMILES string of the molecule is Cc1ccc(F)c(NCC(O)c2ccc([N+](=O)[O-])cc2)c1. The van der Waals surface area contributed by atoms with E-state index in [1.807, 2.05) is 6.92 Å². The van der Waals surface area contributed by atoms with E-state index >= 15 is 0 Å². The van der Waals surface area contributed by atoms with Crippen molar-refractivity contribution in [3.8, 4) is 0 Å². The van der Waals surface area contributed by atoms with Crippen molar-refractivity contribution >= 4 is 11.4 Å². The van der Waals surface area contributed by atoms with E-state index in [0.717, 1.165) is 5.56 Å². The van der Waals surface area contributed by atoms with Crippen LogP contribution in [0.3, 0.4) is 0 Å². The summed E-state index contributed by atoms with van der Waals surface area (Å²) in [5.41, 5.74) is 1.71. The molecular formula is C15H15FN2O3. The van der Waals surface area contributed by atoms with Gasteiger partial charge in [0.1, 0.15) is 5.82 Å². The Morgan fingerprint density at radius 3 is 2.57 bits per heavy atom. The van der Waals surface area contributed by atoms with Gasteiger partial charge in [-0.25, -0.2) is 4.39 Å². The zero-order valence-corrected chi connectivity index (χ0v) is 11.4. The Balaban J connectivity index is 2.02. The fraction of sp³-hybridized carbons (Fsp3) is 0.200. The predicted octanol–water partition coefficient (Wildman–Crippen LogP) is 3.19. The molecule has 2 aromatic rings. The van der Waals surface area contributed by atoms with Crippen LogP contribution in [-0.2, 0) is 0 Å². The number of aliphatic hydroxyl groups excluding tert-OH is 1. The molecule has 0 aliphatic rings. The van der Waals surface area contributed by atoms with Gasteiger partial charge in [-0.1, -0.05) is 6.07 Å². The number of hydrogen-bond acceptors (Lipinski definition) is 4. The summed E-state index contributed by atoms with van der Waals surface area (Å²) < 4.78 is 13.5. The van der Waals surface area contributed by atoms with Crippen LogP contribution in [0.25, 0.3) is 0 Å². The molecule has 0 aromatic heterocycles. The van der Waals surface area contributed by atoms with Crippen molar-refractivity contribution in [3.63, 3.8) is 0 Å². The van der Waals surface area contributed by atoms with E-state index in [-0.39, 0.29) is 12.2 Å². The van der Waals surface area contributed by atoms with E-state index in [9.17, 15) is 19.6 Å². The lowest BCUT2D eigenvalue weighted by Gasteiger charge is -2.14. The average Bonchev–Trinajstić information content (AvgIpc) is 2.48. The largest absolute Gasteiger partial charge is 0.387 e. The van der Waals surface area contributed by atoms with Crippen molar-refractivity contribution < 1.29 is 14.4 Å². The lowest BCUT2D eigenvalue weighted by atomic mass is 10.1. The molecule has 2 rings (SSSR count). The fourth-order valence-electron chi connectivity index (χ4n) is 1.92. The first kappa shape index (κ1) is 14.9. The van der Waals surface area contributed by atoms with Crippen molar-refractivity contribution in [1.82, 2.24) is 0 Å². The molecule has 0 amide bonds. The number of halogens is 1. The second-order valence-corrected chi connectivity index (χ2v) is 4.73. The van der Waals surface area contributed by atoms with Crippen molar-refractivity contribution in [2.75, 3.05) is 11.9 Å². The second kappa shape index (κ2) is 6.32. The highest BCUT2D eigenvalue weighted by atomic mass is 19.1. The molecule has 0 spiro atoms. The molecule has 0 radical (unpaired) electrons. The van der Waals surface area contributed by atoms with E-state index in [4.69, 9.17) is 0 Å². The first-order valence-electron chi connectivity index (χ1n) is 6.40. The standard InChI is InChI=1S/C15H15FN2O3/c1-10-2-7-13(16)14(8-10)17-9-15(19)11-3-5-12(6-4-11)18(20)21/h2-8,15,17,19H,9H2,1H3. The molecular weight excluding hydrogens is 275 g/mol. The molecule has 0 bridgehead atoms. The number of nitro benzene ring substituents is 1. The Kier molecular flexibility index (Phi) is 4.49. The molecule has 21 heavy (non-hydrogen) atoms. The Labute approximate surface area is 121 Å². The number of hydrogen-bond donors (Lipinski definition) is 2. The molecule has 0 aliphatic heterocycles. The van der Waals surface area contributed by atoms with Gasteiger partial charge in [0.05, 0.1) is 16.7 Å². The van der Waals surface area contributed by atoms with Crippen molar-refractivity contribution in [1.29, 1.82) is 0 Å². The average molecular weight is 290 g/mol. The zero-order valence-electron chi connectivity index (χ0n) is 11.4. The molecule has 6 heteroatoms. The number of benzene rings is 2. The molecule has 5 nitrogen and oxygen atoms in total. The van der Waals surface area contributed by atoms with Gasteiger partial charge in [-0.2, -0.15) is 0 Å². The van der Waals surface area contributed by atoms with Gasteiger partial charge in [0.15, 0.2) is 0 Å². The van der Waals surface area contributed by atoms with Crippen LogP contribution in [0.2, 0.25) is 0 Å². The third-order valence-electron chi connectivity index (χ3n) is 3.10. The highest BCUT2D eigenvalue weighted by molar-refractivity contribution is 5.47. The zero-order chi connectivity index (χ0) is 15.4. The van der Waals surface area contributed by atoms with E-state index in [1.165, 1.54) is 30.3 Å². The number of nitrogens with zero attached hydrogens (tertiary/aromatic N) is 1. The number of aryl methyl sites for hydroxylation is 1. The maximum absolute atomic E-state index is 13.5. The third kappa shape index (κ3) is 3.76. The van der Waals surface area contributed by atoms with E-state index in [0.29, 0.717) is 11.3 Å². The molecule has 0 saturated carbocycles. The van der Waals surface area contributed by atoms with E-state index in [2.05, 4.69) is 5.32 Å². The van der Waals surface area contributed by atoms with Crippen molar-refractivity contribution in [2.45, 2.75) is 13.0 Å². The first-order chi connectivity index (χ1) is 9.97. The topological polar surface area (TPSA) is 75.4 Å².